The van der Waals surface area contributed by atoms with Gasteiger partial charge in [0.15, 0.2) is 0 Å². The third-order valence-electron chi connectivity index (χ3n) is 2.11. The van der Waals surface area contributed by atoms with Gasteiger partial charge in [0.25, 0.3) is 0 Å². The van der Waals surface area contributed by atoms with Crippen molar-refractivity contribution in [2.75, 3.05) is 13.2 Å². The van der Waals surface area contributed by atoms with Gasteiger partial charge >= 0.3 is 5.97 Å². The summed E-state index contributed by atoms with van der Waals surface area (Å²) < 4.78 is 31.6. The maximum atomic E-state index is 11.9. The van der Waals surface area contributed by atoms with Crippen molar-refractivity contribution in [3.63, 3.8) is 0 Å². The van der Waals surface area contributed by atoms with Crippen LogP contribution in [0.4, 0.5) is 0 Å². The first-order valence-corrected chi connectivity index (χ1v) is 8.12. The Morgan fingerprint density at radius 1 is 1.47 bits per heavy atom. The Labute approximate surface area is 125 Å². The molecule has 1 N–H and O–H groups in total. The van der Waals surface area contributed by atoms with E-state index in [1.807, 2.05) is 0 Å². The average Bonchev–Trinajstić information content (AvgIpc) is 2.28. The normalized spacial score (nSPS) is 11.3. The Hall–Kier alpha value is -0.630. The number of benzene rings is 1. The lowest BCUT2D eigenvalue weighted by molar-refractivity contribution is -0.142. The number of carbonyl (C=O) groups excluding carboxylic acids is 1. The zero-order chi connectivity index (χ0) is 14.5. The molecule has 5 nitrogen and oxygen atoms in total. The zero-order valence-electron chi connectivity index (χ0n) is 10.2. The second-order valence-corrected chi connectivity index (χ2v) is 6.59. The standard InChI is InChI=1S/C11H13BrClNO4S/c1-2-18-11(15)5-6-14-19(16,17)10-4-3-8(12)7-9(10)13/h3-4,7,14H,2,5-6H2,1H3. The molecule has 0 aliphatic carbocycles. The van der Waals surface area contributed by atoms with Gasteiger partial charge in [0.1, 0.15) is 4.90 Å². The summed E-state index contributed by atoms with van der Waals surface area (Å²) in [5.74, 6) is -0.452. The second-order valence-electron chi connectivity index (χ2n) is 3.53. The van der Waals surface area contributed by atoms with Gasteiger partial charge in [-0.15, -0.1) is 0 Å². The van der Waals surface area contributed by atoms with Crippen molar-refractivity contribution in [1.29, 1.82) is 0 Å². The average molecular weight is 371 g/mol. The zero-order valence-corrected chi connectivity index (χ0v) is 13.3. The van der Waals surface area contributed by atoms with Crippen LogP contribution in [-0.2, 0) is 19.6 Å². The van der Waals surface area contributed by atoms with E-state index in [1.54, 1.807) is 13.0 Å². The predicted octanol–water partition coefficient (Wildman–Crippen LogP) is 2.33. The number of ether oxygens (including phenoxy) is 1. The summed E-state index contributed by atoms with van der Waals surface area (Å²) in [5.41, 5.74) is 0. The summed E-state index contributed by atoms with van der Waals surface area (Å²) in [5, 5.41) is 0.109. The molecule has 0 fully saturated rings. The second kappa shape index (κ2) is 7.23. The van der Waals surface area contributed by atoms with Crippen molar-refractivity contribution >= 4 is 43.5 Å². The highest BCUT2D eigenvalue weighted by molar-refractivity contribution is 9.10. The van der Waals surface area contributed by atoms with E-state index in [1.165, 1.54) is 12.1 Å². The molecular formula is C11H13BrClNO4S. The van der Waals surface area contributed by atoms with Crippen LogP contribution in [0.25, 0.3) is 0 Å². The van der Waals surface area contributed by atoms with E-state index in [-0.39, 0.29) is 29.5 Å². The number of rotatable bonds is 6. The Morgan fingerprint density at radius 3 is 2.74 bits per heavy atom. The van der Waals surface area contributed by atoms with Crippen molar-refractivity contribution in [2.45, 2.75) is 18.2 Å². The Bertz CT molecular complexity index is 562. The van der Waals surface area contributed by atoms with Gasteiger partial charge in [0.2, 0.25) is 10.0 Å². The number of hydrogen-bond donors (Lipinski definition) is 1. The van der Waals surface area contributed by atoms with Crippen LogP contribution in [0.5, 0.6) is 0 Å². The molecule has 1 aromatic carbocycles. The minimum Gasteiger partial charge on any atom is -0.466 e. The molecule has 0 spiro atoms. The first-order valence-electron chi connectivity index (χ1n) is 5.47. The van der Waals surface area contributed by atoms with E-state index in [0.29, 0.717) is 4.47 Å². The van der Waals surface area contributed by atoms with E-state index in [4.69, 9.17) is 16.3 Å². The van der Waals surface area contributed by atoms with Gasteiger partial charge in [-0.05, 0) is 25.1 Å². The molecule has 0 saturated heterocycles. The fraction of sp³-hybridized carbons (Fsp3) is 0.364. The van der Waals surface area contributed by atoms with Crippen LogP contribution < -0.4 is 4.72 Å². The summed E-state index contributed by atoms with van der Waals surface area (Å²) in [4.78, 5) is 11.1. The largest absolute Gasteiger partial charge is 0.466 e. The van der Waals surface area contributed by atoms with Crippen LogP contribution in [0.2, 0.25) is 5.02 Å². The van der Waals surface area contributed by atoms with Gasteiger partial charge in [-0.3, -0.25) is 4.79 Å². The fourth-order valence-electron chi connectivity index (χ4n) is 1.29. The van der Waals surface area contributed by atoms with Gasteiger partial charge in [-0.2, -0.15) is 0 Å². The maximum absolute atomic E-state index is 11.9. The van der Waals surface area contributed by atoms with Gasteiger partial charge in [-0.1, -0.05) is 27.5 Å². The van der Waals surface area contributed by atoms with Crippen molar-refractivity contribution in [2.24, 2.45) is 0 Å². The number of halogens is 2. The van der Waals surface area contributed by atoms with Gasteiger partial charge < -0.3 is 4.74 Å². The van der Waals surface area contributed by atoms with E-state index < -0.39 is 16.0 Å². The molecular weight excluding hydrogens is 358 g/mol. The molecule has 19 heavy (non-hydrogen) atoms. The van der Waals surface area contributed by atoms with Crippen LogP contribution in [0.3, 0.4) is 0 Å². The van der Waals surface area contributed by atoms with Crippen molar-refractivity contribution in [3.05, 3.63) is 27.7 Å². The summed E-state index contributed by atoms with van der Waals surface area (Å²) in [7, 11) is -3.73. The first kappa shape index (κ1) is 16.4. The van der Waals surface area contributed by atoms with Crippen LogP contribution in [0.15, 0.2) is 27.6 Å². The number of carbonyl (C=O) groups is 1. The predicted molar refractivity (Wildman–Crippen MR) is 75.6 cm³/mol. The first-order chi connectivity index (χ1) is 8.86. The minimum atomic E-state index is -3.73. The lowest BCUT2D eigenvalue weighted by atomic mass is 10.4. The summed E-state index contributed by atoms with van der Waals surface area (Å²) in [6, 6.07) is 4.45. The third kappa shape index (κ3) is 5.10. The third-order valence-corrected chi connectivity index (χ3v) is 4.55. The lowest BCUT2D eigenvalue weighted by Gasteiger charge is -2.08. The molecule has 0 heterocycles. The molecule has 0 amide bonds. The highest BCUT2D eigenvalue weighted by Gasteiger charge is 2.18. The van der Waals surface area contributed by atoms with Gasteiger partial charge in [-0.25, -0.2) is 13.1 Å². The molecule has 0 unspecified atom stereocenters. The number of esters is 1. The molecule has 1 rings (SSSR count). The maximum Gasteiger partial charge on any atom is 0.307 e. The van der Waals surface area contributed by atoms with Crippen LogP contribution in [-0.4, -0.2) is 27.5 Å². The molecule has 1 aromatic rings. The van der Waals surface area contributed by atoms with Crippen LogP contribution >= 0.6 is 27.5 Å². The highest BCUT2D eigenvalue weighted by atomic mass is 79.9. The lowest BCUT2D eigenvalue weighted by Crippen LogP contribution is -2.27. The molecule has 0 saturated carbocycles. The number of sulfonamides is 1. The van der Waals surface area contributed by atoms with Crippen molar-refractivity contribution in [3.8, 4) is 0 Å². The fourth-order valence-corrected chi connectivity index (χ4v) is 3.36. The van der Waals surface area contributed by atoms with E-state index in [2.05, 4.69) is 20.7 Å². The Kier molecular flexibility index (Phi) is 6.25. The SMILES string of the molecule is CCOC(=O)CCNS(=O)(=O)c1ccc(Br)cc1Cl. The monoisotopic (exact) mass is 369 g/mol. The highest BCUT2D eigenvalue weighted by Crippen LogP contribution is 2.24. The minimum absolute atomic E-state index is 0.0266. The molecule has 8 heteroatoms. The number of nitrogens with one attached hydrogen (secondary N) is 1. The van der Waals surface area contributed by atoms with Crippen LogP contribution in [0, 0.1) is 0 Å². The summed E-state index contributed by atoms with van der Waals surface area (Å²) in [6.07, 6.45) is -0.0266. The molecule has 0 bridgehead atoms. The molecule has 0 atom stereocenters. The molecule has 106 valence electrons. The smallest absolute Gasteiger partial charge is 0.307 e. The topological polar surface area (TPSA) is 72.5 Å². The van der Waals surface area contributed by atoms with E-state index in [9.17, 15) is 13.2 Å². The molecule has 0 aliphatic rings. The molecule has 0 radical (unpaired) electrons. The van der Waals surface area contributed by atoms with Crippen molar-refractivity contribution < 1.29 is 17.9 Å². The summed E-state index contributed by atoms with van der Waals surface area (Å²) in [6.45, 7) is 1.92. The Morgan fingerprint density at radius 2 is 2.16 bits per heavy atom. The molecule has 0 aliphatic heterocycles. The molecule has 0 aromatic heterocycles. The Balaban J connectivity index is 2.68. The number of hydrogen-bond acceptors (Lipinski definition) is 4. The van der Waals surface area contributed by atoms with E-state index >= 15 is 0 Å². The van der Waals surface area contributed by atoms with E-state index in [0.717, 1.165) is 0 Å². The van der Waals surface area contributed by atoms with Gasteiger partial charge in [0, 0.05) is 11.0 Å². The van der Waals surface area contributed by atoms with Crippen LogP contribution in [0.1, 0.15) is 13.3 Å². The quantitative estimate of drug-likeness (QED) is 0.780. The van der Waals surface area contributed by atoms with Crippen molar-refractivity contribution in [1.82, 2.24) is 4.72 Å². The summed E-state index contributed by atoms with van der Waals surface area (Å²) >= 11 is 9.06. The van der Waals surface area contributed by atoms with Gasteiger partial charge in [0.05, 0.1) is 18.1 Å².